The van der Waals surface area contributed by atoms with Crippen LogP contribution in [0, 0.1) is 13.8 Å². The molecular formula is C21H27N7O3S. The predicted octanol–water partition coefficient (Wildman–Crippen LogP) is 2.69. The lowest BCUT2D eigenvalue weighted by Gasteiger charge is -2.28. The van der Waals surface area contributed by atoms with Crippen LogP contribution in [0.25, 0.3) is 0 Å². The van der Waals surface area contributed by atoms with Crippen LogP contribution in [0.3, 0.4) is 0 Å². The molecule has 0 bridgehead atoms. The van der Waals surface area contributed by atoms with Crippen molar-refractivity contribution in [2.75, 3.05) is 41.2 Å². The number of nitrogens with one attached hydrogen (secondary N) is 2. The van der Waals surface area contributed by atoms with Crippen molar-refractivity contribution >= 4 is 33.0 Å². The molecule has 3 aromatic rings. The smallest absolute Gasteiger partial charge is 0.280 e. The third-order valence-corrected chi connectivity index (χ3v) is 6.39. The van der Waals surface area contributed by atoms with E-state index in [0.717, 1.165) is 24.6 Å². The molecule has 1 aliphatic heterocycles. The van der Waals surface area contributed by atoms with Gasteiger partial charge in [0.05, 0.1) is 13.2 Å². The maximum atomic E-state index is 12.7. The Kier molecular flexibility index (Phi) is 6.28. The Labute approximate surface area is 187 Å². The van der Waals surface area contributed by atoms with E-state index in [1.54, 1.807) is 35.8 Å². The maximum absolute atomic E-state index is 12.7. The number of morpholine rings is 1. The molecule has 1 fully saturated rings. The third kappa shape index (κ3) is 5.00. The molecule has 2 aromatic heterocycles. The van der Waals surface area contributed by atoms with Crippen molar-refractivity contribution in [2.45, 2.75) is 32.3 Å². The van der Waals surface area contributed by atoms with E-state index in [0.29, 0.717) is 42.9 Å². The highest BCUT2D eigenvalue weighted by Gasteiger charge is 2.19. The number of aryl methyl sites for hydroxylation is 3. The zero-order chi connectivity index (χ0) is 22.7. The molecule has 0 radical (unpaired) electrons. The van der Waals surface area contributed by atoms with Gasteiger partial charge in [-0.2, -0.15) is 8.42 Å². The summed E-state index contributed by atoms with van der Waals surface area (Å²) in [5.41, 5.74) is 1.23. The molecule has 1 saturated heterocycles. The summed E-state index contributed by atoms with van der Waals surface area (Å²) in [5, 5.41) is 3.27. The quantitative estimate of drug-likeness (QED) is 0.557. The van der Waals surface area contributed by atoms with Crippen LogP contribution < -0.4 is 14.9 Å². The molecule has 0 unspecified atom stereocenters. The van der Waals surface area contributed by atoms with Gasteiger partial charge in [0, 0.05) is 43.3 Å². The molecule has 170 valence electrons. The molecule has 2 N–H and O–H groups in total. The summed E-state index contributed by atoms with van der Waals surface area (Å²) in [7, 11) is -3.76. The number of hydrogen-bond donors (Lipinski definition) is 2. The van der Waals surface area contributed by atoms with Crippen LogP contribution in [-0.2, 0) is 21.3 Å². The molecule has 4 rings (SSSR count). The zero-order valence-electron chi connectivity index (χ0n) is 18.4. The van der Waals surface area contributed by atoms with E-state index in [1.807, 2.05) is 19.9 Å². The van der Waals surface area contributed by atoms with E-state index in [4.69, 9.17) is 4.74 Å². The Morgan fingerprint density at radius 3 is 2.38 bits per heavy atom. The number of aromatic nitrogens is 4. The average Bonchev–Trinajstić information content (AvgIpc) is 3.17. The van der Waals surface area contributed by atoms with Crippen molar-refractivity contribution in [1.82, 2.24) is 19.5 Å². The SMILES string of the molecule is CCn1cc(S(=O)(=O)Nc2ccc(Nc3cc(N4CCOCC4)nc(C)n3)cc2)nc1C. The highest BCUT2D eigenvalue weighted by Crippen LogP contribution is 2.23. The van der Waals surface area contributed by atoms with Gasteiger partial charge in [-0.1, -0.05) is 0 Å². The Morgan fingerprint density at radius 2 is 1.72 bits per heavy atom. The van der Waals surface area contributed by atoms with E-state index >= 15 is 0 Å². The lowest BCUT2D eigenvalue weighted by Crippen LogP contribution is -2.36. The standard InChI is InChI=1S/C21H27N7O3S/c1-4-27-14-21(24-16(27)3)32(29,30)26-18-7-5-17(6-8-18)25-19-13-20(23-15(2)22-19)28-9-11-31-12-10-28/h5-8,13-14,26H,4,9-12H2,1-3H3,(H,22,23,25). The van der Waals surface area contributed by atoms with Gasteiger partial charge in [0.15, 0.2) is 5.03 Å². The lowest BCUT2D eigenvalue weighted by atomic mass is 10.3. The van der Waals surface area contributed by atoms with Gasteiger partial charge in [-0.05, 0) is 45.0 Å². The summed E-state index contributed by atoms with van der Waals surface area (Å²) in [6.45, 7) is 9.18. The number of rotatable bonds is 7. The number of imidazole rings is 1. The molecule has 0 amide bonds. The summed E-state index contributed by atoms with van der Waals surface area (Å²) < 4.78 is 35.1. The Morgan fingerprint density at radius 1 is 1.03 bits per heavy atom. The maximum Gasteiger partial charge on any atom is 0.280 e. The van der Waals surface area contributed by atoms with Crippen molar-refractivity contribution in [3.8, 4) is 0 Å². The number of nitrogens with zero attached hydrogens (tertiary/aromatic N) is 5. The van der Waals surface area contributed by atoms with Gasteiger partial charge in [-0.25, -0.2) is 15.0 Å². The minimum Gasteiger partial charge on any atom is -0.378 e. The topological polar surface area (TPSA) is 114 Å². The lowest BCUT2D eigenvalue weighted by molar-refractivity contribution is 0.122. The number of anilines is 4. The van der Waals surface area contributed by atoms with Crippen molar-refractivity contribution < 1.29 is 13.2 Å². The number of sulfonamides is 1. The van der Waals surface area contributed by atoms with E-state index in [9.17, 15) is 8.42 Å². The van der Waals surface area contributed by atoms with Gasteiger partial charge in [-0.3, -0.25) is 4.72 Å². The van der Waals surface area contributed by atoms with E-state index in [2.05, 4.69) is 29.9 Å². The van der Waals surface area contributed by atoms with E-state index in [-0.39, 0.29) is 5.03 Å². The van der Waals surface area contributed by atoms with Gasteiger partial charge in [-0.15, -0.1) is 0 Å². The van der Waals surface area contributed by atoms with Crippen LogP contribution in [0.5, 0.6) is 0 Å². The minimum absolute atomic E-state index is 0.00570. The second-order valence-corrected chi connectivity index (χ2v) is 9.11. The normalized spacial score (nSPS) is 14.4. The van der Waals surface area contributed by atoms with Gasteiger partial charge in [0.25, 0.3) is 10.0 Å². The molecule has 0 atom stereocenters. The van der Waals surface area contributed by atoms with Crippen LogP contribution in [0.15, 0.2) is 41.6 Å². The fourth-order valence-corrected chi connectivity index (χ4v) is 4.55. The first-order valence-corrected chi connectivity index (χ1v) is 11.9. The van der Waals surface area contributed by atoms with Crippen LogP contribution in [0.1, 0.15) is 18.6 Å². The minimum atomic E-state index is -3.76. The van der Waals surface area contributed by atoms with Gasteiger partial charge >= 0.3 is 0 Å². The highest BCUT2D eigenvalue weighted by atomic mass is 32.2. The molecule has 10 nitrogen and oxygen atoms in total. The van der Waals surface area contributed by atoms with Crippen LogP contribution in [-0.4, -0.2) is 54.2 Å². The molecule has 3 heterocycles. The summed E-state index contributed by atoms with van der Waals surface area (Å²) in [6.07, 6.45) is 1.54. The molecule has 0 spiro atoms. The van der Waals surface area contributed by atoms with E-state index in [1.165, 1.54) is 6.20 Å². The van der Waals surface area contributed by atoms with Crippen LogP contribution >= 0.6 is 0 Å². The van der Waals surface area contributed by atoms with Crippen molar-refractivity contribution in [2.24, 2.45) is 0 Å². The first-order valence-electron chi connectivity index (χ1n) is 10.5. The third-order valence-electron chi connectivity index (χ3n) is 5.14. The Hall–Kier alpha value is -3.18. The molecule has 1 aliphatic rings. The zero-order valence-corrected chi connectivity index (χ0v) is 19.2. The second kappa shape index (κ2) is 9.13. The van der Waals surface area contributed by atoms with E-state index < -0.39 is 10.0 Å². The number of benzene rings is 1. The largest absolute Gasteiger partial charge is 0.378 e. The first-order chi connectivity index (χ1) is 15.3. The molecule has 11 heteroatoms. The Bertz CT molecular complexity index is 1190. The summed E-state index contributed by atoms with van der Waals surface area (Å²) in [6, 6.07) is 8.88. The average molecular weight is 458 g/mol. The first kappa shape index (κ1) is 22.0. The van der Waals surface area contributed by atoms with Crippen LogP contribution in [0.2, 0.25) is 0 Å². The van der Waals surface area contributed by atoms with Crippen molar-refractivity contribution in [3.05, 3.63) is 48.2 Å². The molecule has 0 saturated carbocycles. The highest BCUT2D eigenvalue weighted by molar-refractivity contribution is 7.92. The second-order valence-electron chi connectivity index (χ2n) is 7.48. The van der Waals surface area contributed by atoms with Crippen LogP contribution in [0.4, 0.5) is 23.0 Å². The fraction of sp³-hybridized carbons (Fsp3) is 0.381. The monoisotopic (exact) mass is 457 g/mol. The Balaban J connectivity index is 1.46. The predicted molar refractivity (Wildman–Crippen MR) is 123 cm³/mol. The number of hydrogen-bond acceptors (Lipinski definition) is 8. The fourth-order valence-electron chi connectivity index (χ4n) is 3.48. The van der Waals surface area contributed by atoms with Crippen molar-refractivity contribution in [1.29, 1.82) is 0 Å². The summed E-state index contributed by atoms with van der Waals surface area (Å²) >= 11 is 0. The summed E-state index contributed by atoms with van der Waals surface area (Å²) in [5.74, 6) is 2.86. The molecule has 32 heavy (non-hydrogen) atoms. The summed E-state index contributed by atoms with van der Waals surface area (Å²) in [4.78, 5) is 15.3. The number of ether oxygens (including phenoxy) is 1. The van der Waals surface area contributed by atoms with Crippen molar-refractivity contribution in [3.63, 3.8) is 0 Å². The molecule has 0 aliphatic carbocycles. The van der Waals surface area contributed by atoms with Gasteiger partial charge in [0.2, 0.25) is 0 Å². The molecular weight excluding hydrogens is 430 g/mol. The molecule has 1 aromatic carbocycles. The van der Waals surface area contributed by atoms with Gasteiger partial charge < -0.3 is 19.5 Å². The van der Waals surface area contributed by atoms with Gasteiger partial charge in [0.1, 0.15) is 23.3 Å².